The normalized spacial score (nSPS) is 25.2. The molecule has 0 radical (unpaired) electrons. The Morgan fingerprint density at radius 1 is 1.24 bits per heavy atom. The van der Waals surface area contributed by atoms with Crippen LogP contribution in [-0.2, 0) is 16.1 Å². The van der Waals surface area contributed by atoms with E-state index in [1.807, 2.05) is 16.9 Å². The third kappa shape index (κ3) is 4.31. The third-order valence-electron chi connectivity index (χ3n) is 6.54. The highest BCUT2D eigenvalue weighted by Crippen LogP contribution is 2.34. The van der Waals surface area contributed by atoms with Crippen molar-refractivity contribution in [1.82, 2.24) is 24.6 Å². The number of rotatable bonds is 6. The number of pyridine rings is 1. The zero-order valence-electron chi connectivity index (χ0n) is 17.9. The van der Waals surface area contributed by atoms with Crippen LogP contribution in [0.3, 0.4) is 0 Å². The van der Waals surface area contributed by atoms with E-state index in [1.54, 1.807) is 7.11 Å². The first kappa shape index (κ1) is 20.3. The lowest BCUT2D eigenvalue weighted by Gasteiger charge is -2.29. The number of aromatic nitrogens is 3. The van der Waals surface area contributed by atoms with E-state index in [9.17, 15) is 4.79 Å². The summed E-state index contributed by atoms with van der Waals surface area (Å²) in [7, 11) is 5.91. The van der Waals surface area contributed by atoms with Crippen LogP contribution in [-0.4, -0.2) is 77.4 Å². The molecule has 2 aliphatic rings. The molecular weight excluding hydrogens is 366 g/mol. The van der Waals surface area contributed by atoms with Gasteiger partial charge in [0.15, 0.2) is 5.65 Å². The lowest BCUT2D eigenvalue weighted by Crippen LogP contribution is -2.37. The predicted octanol–water partition coefficient (Wildman–Crippen LogP) is 2.51. The number of hydrogen-bond acceptors (Lipinski definition) is 5. The van der Waals surface area contributed by atoms with Gasteiger partial charge in [-0.1, -0.05) is 0 Å². The third-order valence-corrected chi connectivity index (χ3v) is 6.54. The highest BCUT2D eigenvalue weighted by molar-refractivity contribution is 5.81. The summed E-state index contributed by atoms with van der Waals surface area (Å²) in [6.07, 6.45) is 7.03. The smallest absolute Gasteiger partial charge is 0.225 e. The molecule has 3 heterocycles. The number of amides is 1. The van der Waals surface area contributed by atoms with Gasteiger partial charge in [0, 0.05) is 50.2 Å². The molecule has 1 aliphatic carbocycles. The lowest BCUT2D eigenvalue weighted by molar-refractivity contribution is -0.136. The van der Waals surface area contributed by atoms with E-state index < -0.39 is 0 Å². The maximum absolute atomic E-state index is 13.1. The van der Waals surface area contributed by atoms with Gasteiger partial charge in [-0.2, -0.15) is 5.10 Å². The fourth-order valence-corrected chi connectivity index (χ4v) is 4.77. The fraction of sp³-hybridized carbons (Fsp3) is 0.682. The van der Waals surface area contributed by atoms with Gasteiger partial charge in [-0.3, -0.25) is 4.79 Å². The Morgan fingerprint density at radius 3 is 2.76 bits per heavy atom. The second-order valence-electron chi connectivity index (χ2n) is 8.77. The first-order valence-electron chi connectivity index (χ1n) is 10.8. The van der Waals surface area contributed by atoms with Gasteiger partial charge in [-0.25, -0.2) is 9.67 Å². The summed E-state index contributed by atoms with van der Waals surface area (Å²) in [4.78, 5) is 21.9. The lowest BCUT2D eigenvalue weighted by atomic mass is 9.86. The molecule has 0 spiro atoms. The molecular formula is C22H33N5O2. The molecule has 7 nitrogen and oxygen atoms in total. The SMILES string of the molecule is COC1CCC(C(=O)N2CCC(c3nn(CCN(C)C)c4ncccc34)C2)CC1. The molecule has 1 saturated heterocycles. The van der Waals surface area contributed by atoms with Crippen LogP contribution in [0.25, 0.3) is 11.0 Å². The van der Waals surface area contributed by atoms with Crippen molar-refractivity contribution in [2.45, 2.75) is 50.7 Å². The number of likely N-dealkylation sites (tertiary alicyclic amines) is 1. The Hall–Kier alpha value is -1.99. The van der Waals surface area contributed by atoms with Crippen molar-refractivity contribution >= 4 is 16.9 Å². The van der Waals surface area contributed by atoms with E-state index in [0.29, 0.717) is 17.9 Å². The number of fused-ring (bicyclic) bond motifs is 1. The molecule has 1 saturated carbocycles. The van der Waals surface area contributed by atoms with Gasteiger partial charge in [-0.05, 0) is 58.3 Å². The highest BCUT2D eigenvalue weighted by Gasteiger charge is 2.35. The summed E-state index contributed by atoms with van der Waals surface area (Å²) in [6, 6.07) is 4.10. The Balaban J connectivity index is 1.46. The molecule has 0 aromatic carbocycles. The van der Waals surface area contributed by atoms with Crippen molar-refractivity contribution in [2.24, 2.45) is 5.92 Å². The monoisotopic (exact) mass is 399 g/mol. The van der Waals surface area contributed by atoms with E-state index in [0.717, 1.165) is 75.0 Å². The molecule has 0 N–H and O–H groups in total. The molecule has 2 aromatic rings. The predicted molar refractivity (Wildman–Crippen MR) is 113 cm³/mol. The van der Waals surface area contributed by atoms with Crippen LogP contribution < -0.4 is 0 Å². The van der Waals surface area contributed by atoms with Crippen LogP contribution in [0, 0.1) is 5.92 Å². The minimum Gasteiger partial charge on any atom is -0.381 e. The van der Waals surface area contributed by atoms with Crippen LogP contribution in [0.15, 0.2) is 18.3 Å². The molecule has 158 valence electrons. The van der Waals surface area contributed by atoms with Crippen molar-refractivity contribution in [3.63, 3.8) is 0 Å². The van der Waals surface area contributed by atoms with Gasteiger partial charge >= 0.3 is 0 Å². The second kappa shape index (κ2) is 8.79. The van der Waals surface area contributed by atoms with Crippen LogP contribution >= 0.6 is 0 Å². The molecule has 1 amide bonds. The second-order valence-corrected chi connectivity index (χ2v) is 8.77. The number of nitrogens with zero attached hydrogens (tertiary/aromatic N) is 5. The Morgan fingerprint density at radius 2 is 2.03 bits per heavy atom. The number of carbonyl (C=O) groups excluding carboxylic acids is 1. The highest BCUT2D eigenvalue weighted by atomic mass is 16.5. The fourth-order valence-electron chi connectivity index (χ4n) is 4.77. The van der Waals surface area contributed by atoms with Crippen LogP contribution in [0.1, 0.15) is 43.7 Å². The summed E-state index contributed by atoms with van der Waals surface area (Å²) in [5.41, 5.74) is 2.05. The van der Waals surface area contributed by atoms with Gasteiger partial charge in [0.2, 0.25) is 5.91 Å². The molecule has 7 heteroatoms. The van der Waals surface area contributed by atoms with Gasteiger partial charge in [0.25, 0.3) is 0 Å². The standard InChI is InChI=1S/C22H33N5O2/c1-25(2)13-14-27-21-19(5-4-11-23-21)20(24-27)17-10-12-26(15-17)22(28)16-6-8-18(29-3)9-7-16/h4-5,11,16-18H,6-10,12-15H2,1-3H3. The molecule has 2 aromatic heterocycles. The van der Waals surface area contributed by atoms with E-state index in [1.165, 1.54) is 0 Å². The summed E-state index contributed by atoms with van der Waals surface area (Å²) < 4.78 is 7.48. The van der Waals surface area contributed by atoms with Crippen molar-refractivity contribution in [1.29, 1.82) is 0 Å². The molecule has 0 bridgehead atoms. The summed E-state index contributed by atoms with van der Waals surface area (Å²) in [5.74, 6) is 0.786. The average molecular weight is 400 g/mol. The molecule has 4 rings (SSSR count). The number of hydrogen-bond donors (Lipinski definition) is 0. The van der Waals surface area contributed by atoms with Gasteiger partial charge in [0.1, 0.15) is 0 Å². The topological polar surface area (TPSA) is 63.5 Å². The van der Waals surface area contributed by atoms with E-state index >= 15 is 0 Å². The number of ether oxygens (including phenoxy) is 1. The van der Waals surface area contributed by atoms with Gasteiger partial charge in [0.05, 0.1) is 18.3 Å². The summed E-state index contributed by atoms with van der Waals surface area (Å²) in [6.45, 7) is 3.35. The largest absolute Gasteiger partial charge is 0.381 e. The molecule has 1 aliphatic heterocycles. The first-order valence-corrected chi connectivity index (χ1v) is 10.8. The Kier molecular flexibility index (Phi) is 6.15. The first-order chi connectivity index (χ1) is 14.1. The number of methoxy groups -OCH3 is 1. The molecule has 2 fully saturated rings. The number of carbonyl (C=O) groups is 1. The maximum atomic E-state index is 13.1. The zero-order chi connectivity index (χ0) is 20.4. The Labute approximate surface area is 173 Å². The van der Waals surface area contributed by atoms with Crippen molar-refractivity contribution in [3.05, 3.63) is 24.0 Å². The van der Waals surface area contributed by atoms with E-state index in [-0.39, 0.29) is 5.92 Å². The van der Waals surface area contributed by atoms with Crippen molar-refractivity contribution < 1.29 is 9.53 Å². The summed E-state index contributed by atoms with van der Waals surface area (Å²) in [5, 5.41) is 6.07. The van der Waals surface area contributed by atoms with Gasteiger partial charge in [-0.15, -0.1) is 0 Å². The van der Waals surface area contributed by atoms with Crippen LogP contribution in [0.4, 0.5) is 0 Å². The quantitative estimate of drug-likeness (QED) is 0.747. The molecule has 1 atom stereocenters. The Bertz CT molecular complexity index is 841. The zero-order valence-corrected chi connectivity index (χ0v) is 17.9. The van der Waals surface area contributed by atoms with E-state index in [2.05, 4.69) is 34.9 Å². The minimum atomic E-state index is 0.163. The van der Waals surface area contributed by atoms with Gasteiger partial charge < -0.3 is 14.5 Å². The molecule has 1 unspecified atom stereocenters. The number of likely N-dealkylation sites (N-methyl/N-ethyl adjacent to an activating group) is 1. The van der Waals surface area contributed by atoms with Crippen LogP contribution in [0.5, 0.6) is 0 Å². The summed E-state index contributed by atoms with van der Waals surface area (Å²) >= 11 is 0. The van der Waals surface area contributed by atoms with Crippen LogP contribution in [0.2, 0.25) is 0 Å². The minimum absolute atomic E-state index is 0.163. The van der Waals surface area contributed by atoms with Crippen molar-refractivity contribution in [3.8, 4) is 0 Å². The van der Waals surface area contributed by atoms with E-state index in [4.69, 9.17) is 9.84 Å². The van der Waals surface area contributed by atoms with Crippen molar-refractivity contribution in [2.75, 3.05) is 40.8 Å². The average Bonchev–Trinajstić information content (AvgIpc) is 3.37. The maximum Gasteiger partial charge on any atom is 0.225 e. The molecule has 29 heavy (non-hydrogen) atoms.